The largest absolute Gasteiger partial charge is 0.311 e. The van der Waals surface area contributed by atoms with Crippen molar-refractivity contribution in [3.05, 3.63) is 22.3 Å². The van der Waals surface area contributed by atoms with E-state index in [2.05, 4.69) is 26.2 Å². The molecule has 1 aliphatic rings. The van der Waals surface area contributed by atoms with Crippen LogP contribution in [-0.2, 0) is 4.79 Å². The van der Waals surface area contributed by atoms with Gasteiger partial charge in [0.25, 0.3) is 0 Å². The van der Waals surface area contributed by atoms with Gasteiger partial charge in [0.1, 0.15) is 5.82 Å². The summed E-state index contributed by atoms with van der Waals surface area (Å²) in [4.78, 5) is 15.9. The molecular weight excluding hydrogens is 268 g/mol. The number of amides is 1. The predicted molar refractivity (Wildman–Crippen MR) is 67.3 cm³/mol. The van der Waals surface area contributed by atoms with Crippen molar-refractivity contribution < 1.29 is 4.79 Å². The third-order valence-electron chi connectivity index (χ3n) is 2.99. The fourth-order valence-corrected chi connectivity index (χ4v) is 1.99. The highest BCUT2D eigenvalue weighted by molar-refractivity contribution is 9.10. The third-order valence-corrected chi connectivity index (χ3v) is 3.83. The van der Waals surface area contributed by atoms with Gasteiger partial charge in [0.2, 0.25) is 5.91 Å². The molecular formula is C12H15BrN2O. The molecule has 0 radical (unpaired) electrons. The number of pyridine rings is 1. The summed E-state index contributed by atoms with van der Waals surface area (Å²) in [7, 11) is 0. The Morgan fingerprint density at radius 1 is 1.56 bits per heavy atom. The number of carbonyl (C=O) groups is 1. The molecule has 0 bridgehead atoms. The fourth-order valence-electron chi connectivity index (χ4n) is 1.77. The predicted octanol–water partition coefficient (Wildman–Crippen LogP) is 3.28. The summed E-state index contributed by atoms with van der Waals surface area (Å²) in [6.45, 7) is 1.91. The van der Waals surface area contributed by atoms with E-state index in [0.29, 0.717) is 18.2 Å². The Bertz CT molecular complexity index is 402. The van der Waals surface area contributed by atoms with E-state index in [-0.39, 0.29) is 5.91 Å². The molecule has 4 heteroatoms. The summed E-state index contributed by atoms with van der Waals surface area (Å²) in [5, 5.41) is 2.84. The average molecular weight is 283 g/mol. The lowest BCUT2D eigenvalue weighted by atomic mass is 9.83. The van der Waals surface area contributed by atoms with Crippen LogP contribution in [0.15, 0.2) is 16.6 Å². The van der Waals surface area contributed by atoms with Crippen molar-refractivity contribution in [2.75, 3.05) is 5.32 Å². The number of rotatable bonds is 3. The molecule has 0 saturated heterocycles. The second-order valence-electron chi connectivity index (χ2n) is 4.31. The summed E-state index contributed by atoms with van der Waals surface area (Å²) >= 11 is 3.38. The summed E-state index contributed by atoms with van der Waals surface area (Å²) < 4.78 is 0.962. The first kappa shape index (κ1) is 11.6. The van der Waals surface area contributed by atoms with Gasteiger partial charge < -0.3 is 5.32 Å². The summed E-state index contributed by atoms with van der Waals surface area (Å²) in [6.07, 6.45) is 4.30. The zero-order chi connectivity index (χ0) is 11.5. The van der Waals surface area contributed by atoms with E-state index in [0.717, 1.165) is 10.2 Å². The van der Waals surface area contributed by atoms with Gasteiger partial charge in [-0.1, -0.05) is 6.42 Å². The molecule has 0 aliphatic heterocycles. The molecule has 1 heterocycles. The average Bonchev–Trinajstić information content (AvgIpc) is 2.18. The highest BCUT2D eigenvalue weighted by Crippen LogP contribution is 2.29. The molecule has 1 saturated carbocycles. The maximum absolute atomic E-state index is 11.6. The second-order valence-corrected chi connectivity index (χ2v) is 5.17. The number of anilines is 1. The quantitative estimate of drug-likeness (QED) is 0.925. The van der Waals surface area contributed by atoms with E-state index in [1.165, 1.54) is 19.3 Å². The molecule has 1 amide bonds. The lowest BCUT2D eigenvalue weighted by Crippen LogP contribution is -2.21. The first-order valence-electron chi connectivity index (χ1n) is 5.58. The second kappa shape index (κ2) is 4.95. The van der Waals surface area contributed by atoms with Crippen molar-refractivity contribution in [1.29, 1.82) is 0 Å². The number of nitrogens with one attached hydrogen (secondary N) is 1. The number of hydrogen-bond acceptors (Lipinski definition) is 2. The highest BCUT2D eigenvalue weighted by atomic mass is 79.9. The molecule has 0 unspecified atom stereocenters. The molecule has 0 atom stereocenters. The monoisotopic (exact) mass is 282 g/mol. The Kier molecular flexibility index (Phi) is 3.59. The van der Waals surface area contributed by atoms with E-state index >= 15 is 0 Å². The van der Waals surface area contributed by atoms with E-state index in [9.17, 15) is 4.79 Å². The first-order chi connectivity index (χ1) is 7.65. The topological polar surface area (TPSA) is 42.0 Å². The molecule has 0 aromatic carbocycles. The van der Waals surface area contributed by atoms with Crippen molar-refractivity contribution in [2.24, 2.45) is 5.92 Å². The zero-order valence-electron chi connectivity index (χ0n) is 9.29. The number of nitrogens with zero attached hydrogens (tertiary/aromatic N) is 1. The Morgan fingerprint density at radius 2 is 2.31 bits per heavy atom. The Labute approximate surface area is 104 Å². The van der Waals surface area contributed by atoms with Crippen LogP contribution in [0.5, 0.6) is 0 Å². The van der Waals surface area contributed by atoms with Gasteiger partial charge in [-0.15, -0.1) is 0 Å². The van der Waals surface area contributed by atoms with Crippen LogP contribution >= 0.6 is 15.9 Å². The summed E-state index contributed by atoms with van der Waals surface area (Å²) in [5.41, 5.74) is 0.890. The van der Waals surface area contributed by atoms with Crippen LogP contribution in [0.2, 0.25) is 0 Å². The van der Waals surface area contributed by atoms with Gasteiger partial charge in [-0.05, 0) is 53.7 Å². The molecule has 1 aliphatic carbocycles. The number of aryl methyl sites for hydroxylation is 1. The number of halogens is 1. The van der Waals surface area contributed by atoms with Crippen LogP contribution in [0.3, 0.4) is 0 Å². The molecule has 2 rings (SSSR count). The van der Waals surface area contributed by atoms with Gasteiger partial charge in [-0.25, -0.2) is 4.98 Å². The zero-order valence-corrected chi connectivity index (χ0v) is 10.9. The Balaban J connectivity index is 1.92. The van der Waals surface area contributed by atoms with Gasteiger partial charge in [0.15, 0.2) is 0 Å². The van der Waals surface area contributed by atoms with Crippen molar-refractivity contribution in [1.82, 2.24) is 4.98 Å². The van der Waals surface area contributed by atoms with E-state index in [1.807, 2.05) is 19.1 Å². The lowest BCUT2D eigenvalue weighted by Gasteiger charge is -2.24. The molecule has 86 valence electrons. The van der Waals surface area contributed by atoms with Crippen molar-refractivity contribution in [2.45, 2.75) is 32.6 Å². The smallest absolute Gasteiger partial charge is 0.225 e. The molecule has 0 spiro atoms. The SMILES string of the molecule is Cc1nc(NC(=O)CC2CCC2)ccc1Br. The summed E-state index contributed by atoms with van der Waals surface area (Å²) in [6, 6.07) is 3.72. The van der Waals surface area contributed by atoms with E-state index in [4.69, 9.17) is 0 Å². The highest BCUT2D eigenvalue weighted by Gasteiger charge is 2.20. The number of aromatic nitrogens is 1. The maximum atomic E-state index is 11.6. The maximum Gasteiger partial charge on any atom is 0.225 e. The number of carbonyl (C=O) groups excluding carboxylic acids is 1. The van der Waals surface area contributed by atoms with Crippen LogP contribution in [-0.4, -0.2) is 10.9 Å². The van der Waals surface area contributed by atoms with E-state index in [1.54, 1.807) is 0 Å². The Hall–Kier alpha value is -0.900. The third kappa shape index (κ3) is 2.82. The molecule has 1 fully saturated rings. The molecule has 1 aromatic heterocycles. The lowest BCUT2D eigenvalue weighted by molar-refractivity contribution is -0.117. The number of hydrogen-bond donors (Lipinski definition) is 1. The van der Waals surface area contributed by atoms with Gasteiger partial charge >= 0.3 is 0 Å². The van der Waals surface area contributed by atoms with Crippen LogP contribution in [0.4, 0.5) is 5.82 Å². The summed E-state index contributed by atoms with van der Waals surface area (Å²) in [5.74, 6) is 1.32. The van der Waals surface area contributed by atoms with Gasteiger partial charge in [-0.3, -0.25) is 4.79 Å². The molecule has 3 nitrogen and oxygen atoms in total. The van der Waals surface area contributed by atoms with Crippen LogP contribution in [0.1, 0.15) is 31.4 Å². The normalized spacial score (nSPS) is 15.6. The van der Waals surface area contributed by atoms with Crippen LogP contribution < -0.4 is 5.32 Å². The molecule has 1 N–H and O–H groups in total. The standard InChI is InChI=1S/C12H15BrN2O/c1-8-10(13)5-6-11(14-8)15-12(16)7-9-3-2-4-9/h5-6,9H,2-4,7H2,1H3,(H,14,15,16). The minimum atomic E-state index is 0.0823. The fraction of sp³-hybridized carbons (Fsp3) is 0.500. The van der Waals surface area contributed by atoms with E-state index < -0.39 is 0 Å². The van der Waals surface area contributed by atoms with Crippen LogP contribution in [0, 0.1) is 12.8 Å². The van der Waals surface area contributed by atoms with Gasteiger partial charge in [-0.2, -0.15) is 0 Å². The first-order valence-corrected chi connectivity index (χ1v) is 6.37. The molecule has 16 heavy (non-hydrogen) atoms. The van der Waals surface area contributed by atoms with Crippen molar-refractivity contribution >= 4 is 27.7 Å². The van der Waals surface area contributed by atoms with Crippen molar-refractivity contribution in [3.8, 4) is 0 Å². The minimum absolute atomic E-state index is 0.0823. The van der Waals surface area contributed by atoms with Crippen LogP contribution in [0.25, 0.3) is 0 Å². The molecule has 1 aromatic rings. The minimum Gasteiger partial charge on any atom is -0.311 e. The van der Waals surface area contributed by atoms with Gasteiger partial charge in [0, 0.05) is 10.9 Å². The Morgan fingerprint density at radius 3 is 2.88 bits per heavy atom. The van der Waals surface area contributed by atoms with Crippen molar-refractivity contribution in [3.63, 3.8) is 0 Å². The van der Waals surface area contributed by atoms with Gasteiger partial charge in [0.05, 0.1) is 5.69 Å².